The number of nitrogens with two attached hydrogens (primary N) is 1. The summed E-state index contributed by atoms with van der Waals surface area (Å²) in [6, 6.07) is 22.3. The molecule has 1 unspecified atom stereocenters. The molecule has 0 fully saturated rings. The number of rotatable bonds is 4. The average molecular weight is 378 g/mol. The zero-order valence-electron chi connectivity index (χ0n) is 15.6. The molecule has 3 aromatic rings. The van der Waals surface area contributed by atoms with Gasteiger partial charge < -0.3 is 15.4 Å². The molecule has 1 aliphatic heterocycles. The van der Waals surface area contributed by atoms with Gasteiger partial charge >= 0.3 is 0 Å². The largest absolute Gasteiger partial charge is 0.397 e. The van der Waals surface area contributed by atoms with Gasteiger partial charge in [0.15, 0.2) is 0 Å². The van der Waals surface area contributed by atoms with Crippen molar-refractivity contribution in [1.82, 2.24) is 4.98 Å². The van der Waals surface area contributed by atoms with E-state index in [9.17, 15) is 10.1 Å². The summed E-state index contributed by atoms with van der Waals surface area (Å²) in [5.74, 6) is 0. The van der Waals surface area contributed by atoms with Gasteiger partial charge in [-0.15, -0.1) is 0 Å². The van der Waals surface area contributed by atoms with Crippen LogP contribution in [-0.2, 0) is 4.79 Å². The number of aromatic nitrogens is 1. The lowest BCUT2D eigenvalue weighted by Gasteiger charge is -2.33. The Morgan fingerprint density at radius 3 is 2.48 bits per heavy atom. The molecule has 140 valence electrons. The summed E-state index contributed by atoms with van der Waals surface area (Å²) in [4.78, 5) is 18.5. The van der Waals surface area contributed by atoms with Crippen LogP contribution in [0.1, 0.15) is 16.8 Å². The van der Waals surface area contributed by atoms with E-state index in [2.05, 4.69) is 11.1 Å². The molecule has 0 saturated heterocycles. The number of allylic oxidation sites excluding steroid dienone is 2. The summed E-state index contributed by atoms with van der Waals surface area (Å²) < 4.78 is 0. The van der Waals surface area contributed by atoms with E-state index in [0.717, 1.165) is 34.4 Å². The van der Waals surface area contributed by atoms with Gasteiger partial charge in [0.25, 0.3) is 0 Å². The van der Waals surface area contributed by atoms with Crippen LogP contribution in [0.5, 0.6) is 0 Å². The highest BCUT2D eigenvalue weighted by atomic mass is 16.1. The molecule has 0 saturated carbocycles. The van der Waals surface area contributed by atoms with Gasteiger partial charge in [-0.05, 0) is 47.5 Å². The van der Waals surface area contributed by atoms with Gasteiger partial charge in [0.1, 0.15) is 12.3 Å². The molecule has 4 rings (SSSR count). The van der Waals surface area contributed by atoms with Crippen LogP contribution >= 0.6 is 0 Å². The fourth-order valence-electron chi connectivity index (χ4n) is 3.43. The molecule has 1 aliphatic rings. The first-order chi connectivity index (χ1) is 14.2. The number of carbonyl (C=O) groups is 1. The van der Waals surface area contributed by atoms with Crippen LogP contribution in [0.15, 0.2) is 85.2 Å². The van der Waals surface area contributed by atoms with E-state index in [1.165, 1.54) is 0 Å². The van der Waals surface area contributed by atoms with E-state index >= 15 is 0 Å². The number of nitrogen functional groups attached to an aromatic ring is 1. The van der Waals surface area contributed by atoms with Crippen molar-refractivity contribution in [3.63, 3.8) is 0 Å². The van der Waals surface area contributed by atoms with Gasteiger partial charge in [-0.1, -0.05) is 36.4 Å². The van der Waals surface area contributed by atoms with Gasteiger partial charge in [0, 0.05) is 17.5 Å². The van der Waals surface area contributed by atoms with Crippen LogP contribution in [0.2, 0.25) is 0 Å². The van der Waals surface area contributed by atoms with Gasteiger partial charge in [0.05, 0.1) is 29.2 Å². The highest BCUT2D eigenvalue weighted by Gasteiger charge is 2.28. The van der Waals surface area contributed by atoms with E-state index < -0.39 is 6.04 Å². The second kappa shape index (κ2) is 7.83. The molecule has 0 radical (unpaired) electrons. The van der Waals surface area contributed by atoms with Crippen LogP contribution in [-0.4, -0.2) is 17.3 Å². The molecule has 2 N–H and O–H groups in total. The number of hydrogen-bond acceptors (Lipinski definition) is 5. The Hall–Kier alpha value is -4.17. The molecule has 0 spiro atoms. The number of hydrogen-bond donors (Lipinski definition) is 1. The second-order valence-corrected chi connectivity index (χ2v) is 6.64. The van der Waals surface area contributed by atoms with E-state index in [1.54, 1.807) is 18.3 Å². The molecular weight excluding hydrogens is 360 g/mol. The maximum absolute atomic E-state index is 12.2. The lowest BCUT2D eigenvalue weighted by Crippen LogP contribution is -2.35. The molecule has 29 heavy (non-hydrogen) atoms. The number of pyridine rings is 1. The predicted molar refractivity (Wildman–Crippen MR) is 115 cm³/mol. The molecule has 2 aromatic carbocycles. The minimum Gasteiger partial charge on any atom is -0.397 e. The number of benzene rings is 2. The quantitative estimate of drug-likeness (QED) is 0.693. The van der Waals surface area contributed by atoms with Crippen molar-refractivity contribution in [2.45, 2.75) is 6.04 Å². The Morgan fingerprint density at radius 2 is 1.79 bits per heavy atom. The third-order valence-corrected chi connectivity index (χ3v) is 4.83. The monoisotopic (exact) mass is 378 g/mol. The second-order valence-electron chi connectivity index (χ2n) is 6.64. The Labute approximate surface area is 169 Å². The molecule has 5 nitrogen and oxygen atoms in total. The molecule has 0 amide bonds. The number of nitriles is 1. The normalized spacial score (nSPS) is 15.8. The molecule has 0 bridgehead atoms. The Kier molecular flexibility index (Phi) is 4.91. The van der Waals surface area contributed by atoms with Crippen LogP contribution in [0.3, 0.4) is 0 Å². The van der Waals surface area contributed by atoms with Gasteiger partial charge in [-0.25, -0.2) is 0 Å². The summed E-state index contributed by atoms with van der Waals surface area (Å²) in [5, 5.41) is 9.58. The minimum absolute atomic E-state index is 0.519. The van der Waals surface area contributed by atoms with Crippen molar-refractivity contribution in [1.29, 1.82) is 5.26 Å². The Morgan fingerprint density at radius 1 is 1.03 bits per heavy atom. The van der Waals surface area contributed by atoms with E-state index in [1.807, 2.05) is 71.8 Å². The van der Waals surface area contributed by atoms with Crippen LogP contribution < -0.4 is 10.6 Å². The molecular formula is C24H18N4O. The molecule has 1 atom stereocenters. The smallest absolute Gasteiger partial charge is 0.147 e. The first-order valence-electron chi connectivity index (χ1n) is 9.15. The number of anilines is 2. The van der Waals surface area contributed by atoms with Crippen molar-refractivity contribution < 1.29 is 4.79 Å². The molecule has 2 heterocycles. The highest BCUT2D eigenvalue weighted by molar-refractivity contribution is 5.99. The fourth-order valence-corrected chi connectivity index (χ4v) is 3.43. The third-order valence-electron chi connectivity index (χ3n) is 4.83. The zero-order valence-corrected chi connectivity index (χ0v) is 15.6. The first kappa shape index (κ1) is 18.2. The zero-order chi connectivity index (χ0) is 20.2. The number of carbonyl (C=O) groups excluding carboxylic acids is 1. The minimum atomic E-state index is -0.565. The lowest BCUT2D eigenvalue weighted by atomic mass is 9.89. The summed E-state index contributed by atoms with van der Waals surface area (Å²) in [6.07, 6.45) is 6.33. The van der Waals surface area contributed by atoms with E-state index in [0.29, 0.717) is 11.3 Å². The topological polar surface area (TPSA) is 83.0 Å². The third kappa shape index (κ3) is 3.52. The fraction of sp³-hybridized carbons (Fsp3) is 0.0417. The SMILES string of the molecule is N#Cc1ccccc1C1=CC(c2ccc(N)cn2)=CN(c2ccccc2)C1C=O. The average Bonchev–Trinajstić information content (AvgIpc) is 2.79. The van der Waals surface area contributed by atoms with Gasteiger partial charge in [-0.3, -0.25) is 4.98 Å². The molecule has 5 heteroatoms. The first-order valence-corrected chi connectivity index (χ1v) is 9.15. The van der Waals surface area contributed by atoms with Crippen LogP contribution in [0.4, 0.5) is 11.4 Å². The van der Waals surface area contributed by atoms with Crippen LogP contribution in [0, 0.1) is 11.3 Å². The summed E-state index contributed by atoms with van der Waals surface area (Å²) in [7, 11) is 0. The lowest BCUT2D eigenvalue weighted by molar-refractivity contribution is -0.107. The number of nitrogens with zero attached hydrogens (tertiary/aromatic N) is 3. The molecule has 1 aromatic heterocycles. The van der Waals surface area contributed by atoms with Crippen LogP contribution in [0.25, 0.3) is 11.1 Å². The standard InChI is InChI=1S/C24H18N4O/c25-13-17-6-4-5-9-21(17)22-12-18(23-11-10-19(26)14-27-23)15-28(24(22)16-29)20-7-2-1-3-8-20/h1-12,14-16,24H,26H2. The summed E-state index contributed by atoms with van der Waals surface area (Å²) in [6.45, 7) is 0. The van der Waals surface area contributed by atoms with Crippen molar-refractivity contribution in [3.05, 3.63) is 102 Å². The Bertz CT molecular complexity index is 1140. The maximum atomic E-state index is 12.2. The van der Waals surface area contributed by atoms with Crippen molar-refractivity contribution in [2.24, 2.45) is 0 Å². The highest BCUT2D eigenvalue weighted by Crippen LogP contribution is 2.35. The van der Waals surface area contributed by atoms with E-state index in [4.69, 9.17) is 5.73 Å². The Balaban J connectivity index is 1.92. The van der Waals surface area contributed by atoms with E-state index in [-0.39, 0.29) is 0 Å². The number of para-hydroxylation sites is 1. The van der Waals surface area contributed by atoms with Gasteiger partial charge in [-0.2, -0.15) is 5.26 Å². The van der Waals surface area contributed by atoms with Gasteiger partial charge in [0.2, 0.25) is 0 Å². The number of aldehydes is 1. The maximum Gasteiger partial charge on any atom is 0.147 e. The predicted octanol–water partition coefficient (Wildman–Crippen LogP) is 4.05. The summed E-state index contributed by atoms with van der Waals surface area (Å²) >= 11 is 0. The van der Waals surface area contributed by atoms with Crippen molar-refractivity contribution in [2.75, 3.05) is 10.6 Å². The summed E-state index contributed by atoms with van der Waals surface area (Å²) in [5.41, 5.74) is 10.8. The molecule has 0 aliphatic carbocycles. The van der Waals surface area contributed by atoms with Crippen molar-refractivity contribution >= 4 is 28.8 Å². The van der Waals surface area contributed by atoms with Crippen molar-refractivity contribution in [3.8, 4) is 6.07 Å².